The smallest absolute Gasteiger partial charge is 0.206 e. The van der Waals surface area contributed by atoms with Crippen molar-refractivity contribution in [3.05, 3.63) is 18.2 Å². The van der Waals surface area contributed by atoms with E-state index in [0.717, 1.165) is 25.2 Å². The molecule has 1 aromatic heterocycles. The molecule has 0 bridgehead atoms. The van der Waals surface area contributed by atoms with Crippen LogP contribution in [0.3, 0.4) is 0 Å². The third-order valence-electron chi connectivity index (χ3n) is 2.20. The van der Waals surface area contributed by atoms with Gasteiger partial charge in [-0.05, 0) is 12.8 Å². The molecule has 1 heterocycles. The van der Waals surface area contributed by atoms with Gasteiger partial charge in [0.1, 0.15) is 5.82 Å². The second-order valence-electron chi connectivity index (χ2n) is 3.45. The SMILES string of the molecule is CCCN=C(NN)NC(CC)c1ncc[nH]1. The van der Waals surface area contributed by atoms with Crippen LogP contribution in [-0.4, -0.2) is 22.5 Å². The van der Waals surface area contributed by atoms with Crippen molar-refractivity contribution < 1.29 is 0 Å². The van der Waals surface area contributed by atoms with Gasteiger partial charge in [-0.1, -0.05) is 13.8 Å². The van der Waals surface area contributed by atoms with Crippen LogP contribution in [0.1, 0.15) is 38.6 Å². The maximum atomic E-state index is 5.40. The summed E-state index contributed by atoms with van der Waals surface area (Å²) in [6.45, 7) is 4.90. The molecule has 6 heteroatoms. The normalized spacial score (nSPS) is 13.6. The van der Waals surface area contributed by atoms with E-state index in [0.29, 0.717) is 5.96 Å². The Balaban J connectivity index is 2.61. The molecule has 0 aromatic carbocycles. The van der Waals surface area contributed by atoms with Crippen molar-refractivity contribution in [2.24, 2.45) is 10.8 Å². The minimum Gasteiger partial charge on any atom is -0.347 e. The zero-order valence-corrected chi connectivity index (χ0v) is 9.83. The van der Waals surface area contributed by atoms with Gasteiger partial charge in [0, 0.05) is 18.9 Å². The fraction of sp³-hybridized carbons (Fsp3) is 0.600. The molecule has 1 unspecified atom stereocenters. The quantitative estimate of drug-likeness (QED) is 0.256. The van der Waals surface area contributed by atoms with Gasteiger partial charge in [0.15, 0.2) is 0 Å². The van der Waals surface area contributed by atoms with E-state index in [1.54, 1.807) is 12.4 Å². The van der Waals surface area contributed by atoms with Crippen molar-refractivity contribution in [1.82, 2.24) is 20.7 Å². The Morgan fingerprint density at radius 2 is 2.44 bits per heavy atom. The van der Waals surface area contributed by atoms with Gasteiger partial charge in [0.05, 0.1) is 6.04 Å². The first-order valence-corrected chi connectivity index (χ1v) is 5.58. The molecule has 1 rings (SSSR count). The number of imidazole rings is 1. The van der Waals surface area contributed by atoms with E-state index in [-0.39, 0.29) is 6.04 Å². The number of aliphatic imine (C=N–C) groups is 1. The van der Waals surface area contributed by atoms with E-state index in [9.17, 15) is 0 Å². The lowest BCUT2D eigenvalue weighted by molar-refractivity contribution is 0.579. The highest BCUT2D eigenvalue weighted by atomic mass is 15.3. The van der Waals surface area contributed by atoms with Crippen LogP contribution in [0, 0.1) is 0 Å². The molecule has 16 heavy (non-hydrogen) atoms. The minimum absolute atomic E-state index is 0.0988. The van der Waals surface area contributed by atoms with Gasteiger partial charge in [-0.25, -0.2) is 10.8 Å². The Morgan fingerprint density at radius 3 is 2.94 bits per heavy atom. The molecule has 0 saturated heterocycles. The molecule has 0 aliphatic heterocycles. The molecule has 0 aliphatic rings. The number of nitrogens with zero attached hydrogens (tertiary/aromatic N) is 2. The van der Waals surface area contributed by atoms with Crippen molar-refractivity contribution in [2.45, 2.75) is 32.7 Å². The molecule has 0 spiro atoms. The second-order valence-corrected chi connectivity index (χ2v) is 3.45. The highest BCUT2D eigenvalue weighted by Gasteiger charge is 2.12. The second kappa shape index (κ2) is 6.84. The standard InChI is InChI=1S/C10H20N6/c1-3-5-14-10(16-11)15-8(4-2)9-12-6-7-13-9/h6-8H,3-5,11H2,1-2H3,(H,12,13)(H2,14,15,16). The zero-order valence-electron chi connectivity index (χ0n) is 9.83. The molecule has 5 N–H and O–H groups in total. The fourth-order valence-electron chi connectivity index (χ4n) is 1.35. The minimum atomic E-state index is 0.0988. The molecule has 6 nitrogen and oxygen atoms in total. The van der Waals surface area contributed by atoms with Crippen molar-refractivity contribution in [2.75, 3.05) is 6.54 Å². The van der Waals surface area contributed by atoms with Gasteiger partial charge >= 0.3 is 0 Å². The van der Waals surface area contributed by atoms with Crippen molar-refractivity contribution >= 4 is 5.96 Å². The number of rotatable bonds is 5. The number of aromatic nitrogens is 2. The van der Waals surface area contributed by atoms with E-state index >= 15 is 0 Å². The van der Waals surface area contributed by atoms with Crippen LogP contribution in [0.5, 0.6) is 0 Å². The van der Waals surface area contributed by atoms with E-state index in [1.165, 1.54) is 0 Å². The number of hydrogen-bond donors (Lipinski definition) is 4. The average Bonchev–Trinajstić information content (AvgIpc) is 2.83. The molecule has 1 atom stereocenters. The van der Waals surface area contributed by atoms with Crippen molar-refractivity contribution in [1.29, 1.82) is 0 Å². The first-order chi connectivity index (χ1) is 7.81. The maximum absolute atomic E-state index is 5.40. The monoisotopic (exact) mass is 224 g/mol. The summed E-state index contributed by atoms with van der Waals surface area (Å²) in [7, 11) is 0. The number of guanidine groups is 1. The Morgan fingerprint density at radius 1 is 1.62 bits per heavy atom. The van der Waals surface area contributed by atoms with E-state index in [4.69, 9.17) is 5.84 Å². The summed E-state index contributed by atoms with van der Waals surface area (Å²) < 4.78 is 0. The lowest BCUT2D eigenvalue weighted by atomic mass is 10.2. The van der Waals surface area contributed by atoms with Gasteiger partial charge in [0.2, 0.25) is 5.96 Å². The first-order valence-electron chi connectivity index (χ1n) is 5.58. The van der Waals surface area contributed by atoms with E-state index in [1.807, 2.05) is 0 Å². The average molecular weight is 224 g/mol. The lowest BCUT2D eigenvalue weighted by Crippen LogP contribution is -2.43. The summed E-state index contributed by atoms with van der Waals surface area (Å²) >= 11 is 0. The Hall–Kier alpha value is -1.56. The van der Waals surface area contributed by atoms with Crippen LogP contribution in [0.15, 0.2) is 17.4 Å². The van der Waals surface area contributed by atoms with Crippen molar-refractivity contribution in [3.8, 4) is 0 Å². The summed E-state index contributed by atoms with van der Waals surface area (Å²) in [5.41, 5.74) is 2.56. The molecule has 0 amide bonds. The summed E-state index contributed by atoms with van der Waals surface area (Å²) in [6.07, 6.45) is 5.43. The van der Waals surface area contributed by atoms with Crippen LogP contribution in [0.25, 0.3) is 0 Å². The third kappa shape index (κ3) is 3.54. The van der Waals surface area contributed by atoms with Crippen LogP contribution < -0.4 is 16.6 Å². The van der Waals surface area contributed by atoms with E-state index in [2.05, 4.69) is 39.6 Å². The van der Waals surface area contributed by atoms with Gasteiger partial charge in [0.25, 0.3) is 0 Å². The first kappa shape index (κ1) is 12.5. The Bertz CT molecular complexity index is 305. The van der Waals surface area contributed by atoms with Gasteiger partial charge < -0.3 is 10.3 Å². The molecular weight excluding hydrogens is 204 g/mol. The van der Waals surface area contributed by atoms with Crippen molar-refractivity contribution in [3.63, 3.8) is 0 Å². The van der Waals surface area contributed by atoms with Crippen LogP contribution in [0.2, 0.25) is 0 Å². The molecule has 0 aliphatic carbocycles. The fourth-order valence-corrected chi connectivity index (χ4v) is 1.35. The number of aromatic amines is 1. The zero-order chi connectivity index (χ0) is 11.8. The molecule has 1 aromatic rings. The molecule has 90 valence electrons. The summed E-state index contributed by atoms with van der Waals surface area (Å²) in [5.74, 6) is 6.89. The third-order valence-corrected chi connectivity index (χ3v) is 2.20. The molecule has 0 fully saturated rings. The number of nitrogens with one attached hydrogen (secondary N) is 3. The van der Waals surface area contributed by atoms with Crippen LogP contribution in [-0.2, 0) is 0 Å². The summed E-state index contributed by atoms with van der Waals surface area (Å²) in [6, 6.07) is 0.0988. The maximum Gasteiger partial charge on any atom is 0.206 e. The largest absolute Gasteiger partial charge is 0.347 e. The number of H-pyrrole nitrogens is 1. The van der Waals surface area contributed by atoms with Crippen LogP contribution in [0.4, 0.5) is 0 Å². The topological polar surface area (TPSA) is 91.1 Å². The predicted molar refractivity (Wildman–Crippen MR) is 64.7 cm³/mol. The highest BCUT2D eigenvalue weighted by molar-refractivity contribution is 5.79. The van der Waals surface area contributed by atoms with Gasteiger partial charge in [-0.3, -0.25) is 10.4 Å². The molecule has 0 saturated carbocycles. The highest BCUT2D eigenvalue weighted by Crippen LogP contribution is 2.10. The Kier molecular flexibility index (Phi) is 5.35. The summed E-state index contributed by atoms with van der Waals surface area (Å²) in [5, 5.41) is 3.21. The number of nitrogens with two attached hydrogens (primary N) is 1. The predicted octanol–water partition coefficient (Wildman–Crippen LogP) is 0.680. The number of hydrogen-bond acceptors (Lipinski definition) is 3. The van der Waals surface area contributed by atoms with Crippen LogP contribution >= 0.6 is 0 Å². The molecule has 0 radical (unpaired) electrons. The summed E-state index contributed by atoms with van der Waals surface area (Å²) in [4.78, 5) is 11.6. The number of hydrazine groups is 1. The van der Waals surface area contributed by atoms with Gasteiger partial charge in [-0.15, -0.1) is 0 Å². The van der Waals surface area contributed by atoms with E-state index < -0.39 is 0 Å². The molecular formula is C10H20N6. The van der Waals surface area contributed by atoms with Gasteiger partial charge in [-0.2, -0.15) is 0 Å². The lowest BCUT2D eigenvalue weighted by Gasteiger charge is -2.17. The Labute approximate surface area is 95.7 Å².